The van der Waals surface area contributed by atoms with E-state index < -0.39 is 5.97 Å². The molecule has 0 saturated heterocycles. The topological polar surface area (TPSA) is 40.1 Å². The third-order valence-corrected chi connectivity index (χ3v) is 8.43. The van der Waals surface area contributed by atoms with Crippen LogP contribution in [0, 0.1) is 0 Å². The molecule has 0 N–H and O–H groups in total. The first kappa shape index (κ1) is 27.5. The molecule has 0 aromatic carbocycles. The van der Waals surface area contributed by atoms with Crippen LogP contribution in [0.2, 0.25) is 8.87 Å². The molecule has 2 nitrogen and oxygen atoms in total. The molecule has 0 aliphatic heterocycles. The standard InChI is InChI=1S/2C8H17.C6H12O2.Sn/c2*1-3-5-7-8-6-4-2;1-2-3-4-5-6(7)8;/h2*1,3-8H2,2H3;2-5H2,1H3,(H,7,8);/q;;;+1/p-1. The van der Waals surface area contributed by atoms with Crippen LogP contribution >= 0.6 is 0 Å². The van der Waals surface area contributed by atoms with Crippen molar-refractivity contribution in [1.82, 2.24) is 0 Å². The average Bonchev–Trinajstić information content (AvgIpc) is 2.59. The molecule has 25 heavy (non-hydrogen) atoms. The second-order valence-corrected chi connectivity index (χ2v) is 11.4. The third-order valence-electron chi connectivity index (χ3n) is 4.40. The predicted molar refractivity (Wildman–Crippen MR) is 111 cm³/mol. The molecule has 149 valence electrons. The summed E-state index contributed by atoms with van der Waals surface area (Å²) in [6.45, 7) is 6.64. The summed E-state index contributed by atoms with van der Waals surface area (Å²) in [7, 11) is 0. The van der Waals surface area contributed by atoms with Crippen LogP contribution in [0.4, 0.5) is 0 Å². The molecule has 1 radical (unpaired) electrons. The summed E-state index contributed by atoms with van der Waals surface area (Å²) >= 11 is 0.0736. The number of aliphatic carboxylic acids is 1. The number of rotatable bonds is 18. The Kier molecular flexibility index (Phi) is 29.1. The number of carboxylic acid groups (broad SMARTS) is 1. The van der Waals surface area contributed by atoms with Gasteiger partial charge in [-0.25, -0.2) is 0 Å². The van der Waals surface area contributed by atoms with Gasteiger partial charge in [-0.1, -0.05) is 19.8 Å². The van der Waals surface area contributed by atoms with Gasteiger partial charge in [-0.2, -0.15) is 0 Å². The Labute approximate surface area is 169 Å². The maximum atomic E-state index is 9.76. The molecule has 0 spiro atoms. The second kappa shape index (κ2) is 26.5. The van der Waals surface area contributed by atoms with Crippen molar-refractivity contribution in [3.05, 3.63) is 0 Å². The molecule has 0 fully saturated rings. The molecule has 0 aliphatic rings. The van der Waals surface area contributed by atoms with E-state index in [4.69, 9.17) is 0 Å². The van der Waals surface area contributed by atoms with Crippen LogP contribution in [0.25, 0.3) is 0 Å². The molecule has 0 saturated carbocycles. The predicted octanol–water partition coefficient (Wildman–Crippen LogP) is 6.56. The Morgan fingerprint density at radius 1 is 0.600 bits per heavy atom. The van der Waals surface area contributed by atoms with E-state index in [9.17, 15) is 9.90 Å². The molecule has 0 atom stereocenters. The summed E-state index contributed by atoms with van der Waals surface area (Å²) in [5.41, 5.74) is 0. The fourth-order valence-electron chi connectivity index (χ4n) is 2.70. The number of unbranched alkanes of at least 4 members (excludes halogenated alkanes) is 12. The van der Waals surface area contributed by atoms with Crippen molar-refractivity contribution in [1.29, 1.82) is 0 Å². The van der Waals surface area contributed by atoms with Crippen molar-refractivity contribution in [3.63, 3.8) is 0 Å². The van der Waals surface area contributed by atoms with E-state index in [1.54, 1.807) is 21.7 Å². The number of carbonyl (C=O) groups excluding carboxylic acids is 1. The summed E-state index contributed by atoms with van der Waals surface area (Å²) in [6, 6.07) is 0. The van der Waals surface area contributed by atoms with Crippen LogP contribution in [0.3, 0.4) is 0 Å². The first-order chi connectivity index (χ1) is 12.2. The van der Waals surface area contributed by atoms with E-state index in [-0.39, 0.29) is 27.6 Å². The van der Waals surface area contributed by atoms with Gasteiger partial charge in [0, 0.05) is 5.97 Å². The Bertz CT molecular complexity index is 230. The molecular weight excluding hydrogens is 415 g/mol. The normalized spacial score (nSPS) is 10.2. The van der Waals surface area contributed by atoms with Gasteiger partial charge in [0.15, 0.2) is 0 Å². The zero-order chi connectivity index (χ0) is 19.0. The van der Waals surface area contributed by atoms with Crippen LogP contribution in [-0.4, -0.2) is 27.1 Å². The van der Waals surface area contributed by atoms with Crippen LogP contribution in [-0.2, 0) is 4.79 Å². The minimum absolute atomic E-state index is 0.0736. The van der Waals surface area contributed by atoms with E-state index in [1.165, 1.54) is 64.2 Å². The van der Waals surface area contributed by atoms with Gasteiger partial charge in [-0.15, -0.1) is 0 Å². The Hall–Kier alpha value is 0.269. The third kappa shape index (κ3) is 32.4. The molecule has 0 bridgehead atoms. The number of hydrogen-bond acceptors (Lipinski definition) is 2. The second-order valence-electron chi connectivity index (χ2n) is 7.11. The summed E-state index contributed by atoms with van der Waals surface area (Å²) in [6.07, 6.45) is 20.9. The van der Waals surface area contributed by atoms with Crippen molar-refractivity contribution < 1.29 is 9.90 Å². The monoisotopic (exact) mass is 461 g/mol. The van der Waals surface area contributed by atoms with Crippen LogP contribution < -0.4 is 5.11 Å². The number of carbonyl (C=O) groups is 1. The minimum atomic E-state index is -0.932. The van der Waals surface area contributed by atoms with Crippen molar-refractivity contribution in [2.75, 3.05) is 0 Å². The van der Waals surface area contributed by atoms with Gasteiger partial charge in [-0.05, 0) is 12.8 Å². The average molecular weight is 460 g/mol. The number of hydrogen-bond donors (Lipinski definition) is 0. The molecule has 0 heterocycles. The zero-order valence-corrected chi connectivity index (χ0v) is 20.4. The van der Waals surface area contributed by atoms with E-state index >= 15 is 0 Å². The van der Waals surface area contributed by atoms with Gasteiger partial charge in [0.25, 0.3) is 0 Å². The van der Waals surface area contributed by atoms with E-state index in [0.29, 0.717) is 0 Å². The van der Waals surface area contributed by atoms with E-state index in [2.05, 4.69) is 13.8 Å². The van der Waals surface area contributed by atoms with Crippen LogP contribution in [0.1, 0.15) is 124 Å². The first-order valence-corrected chi connectivity index (χ1v) is 15.1. The molecular formula is C22H45O2Sn. The van der Waals surface area contributed by atoms with E-state index in [0.717, 1.165) is 19.3 Å². The summed E-state index contributed by atoms with van der Waals surface area (Å²) in [4.78, 5) is 9.76. The van der Waals surface area contributed by atoms with Crippen molar-refractivity contribution >= 4 is 27.1 Å². The zero-order valence-electron chi connectivity index (χ0n) is 17.5. The van der Waals surface area contributed by atoms with E-state index in [1.807, 2.05) is 6.92 Å². The van der Waals surface area contributed by atoms with Gasteiger partial charge in [0.2, 0.25) is 0 Å². The van der Waals surface area contributed by atoms with Crippen molar-refractivity contribution in [3.8, 4) is 0 Å². The van der Waals surface area contributed by atoms with Crippen LogP contribution in [0.5, 0.6) is 0 Å². The fourth-order valence-corrected chi connectivity index (χ4v) is 6.27. The van der Waals surface area contributed by atoms with Gasteiger partial charge < -0.3 is 9.90 Å². The first-order valence-electron chi connectivity index (χ1n) is 11.1. The maximum absolute atomic E-state index is 9.76. The Balaban J connectivity index is 0. The molecule has 0 unspecified atom stereocenters. The van der Waals surface area contributed by atoms with Gasteiger partial charge in [0.1, 0.15) is 0 Å². The number of carboxylic acids is 1. The molecule has 0 aromatic rings. The Morgan fingerprint density at radius 2 is 0.960 bits per heavy atom. The van der Waals surface area contributed by atoms with Crippen LogP contribution in [0.15, 0.2) is 0 Å². The molecule has 0 aliphatic carbocycles. The molecule has 0 aromatic heterocycles. The van der Waals surface area contributed by atoms with Gasteiger partial charge in [0.05, 0.1) is 0 Å². The molecule has 0 amide bonds. The van der Waals surface area contributed by atoms with Crippen molar-refractivity contribution in [2.24, 2.45) is 0 Å². The van der Waals surface area contributed by atoms with Crippen molar-refractivity contribution in [2.45, 2.75) is 132 Å². The SMILES string of the molecule is CCCCCC(=O)[O-].CCCCCCC[CH2][Sn+][CH2]CCCCCCC. The molecule has 0 rings (SSSR count). The Morgan fingerprint density at radius 3 is 1.36 bits per heavy atom. The summed E-state index contributed by atoms with van der Waals surface area (Å²) in [5, 5.41) is 9.76. The summed E-state index contributed by atoms with van der Waals surface area (Å²) in [5.74, 6) is -0.932. The van der Waals surface area contributed by atoms with Gasteiger partial charge in [-0.3, -0.25) is 0 Å². The summed E-state index contributed by atoms with van der Waals surface area (Å²) < 4.78 is 3.31. The van der Waals surface area contributed by atoms with Gasteiger partial charge >= 0.3 is 121 Å². The molecule has 3 heteroatoms. The fraction of sp³-hybridized carbons (Fsp3) is 0.955. The quantitative estimate of drug-likeness (QED) is 0.172.